The minimum Gasteiger partial charge on any atom is -0.483 e. The SMILES string of the molecule is Cc1cc(C)cc(NC(=O)COc2cc(C)nc3ccc(OC(F)(F)F)cc23)c1. The minimum absolute atomic E-state index is 0.246. The van der Waals surface area contributed by atoms with E-state index in [4.69, 9.17) is 4.74 Å². The lowest BCUT2D eigenvalue weighted by Crippen LogP contribution is -2.20. The van der Waals surface area contributed by atoms with Crippen molar-refractivity contribution in [3.05, 3.63) is 59.3 Å². The predicted molar refractivity (Wildman–Crippen MR) is 103 cm³/mol. The number of hydrogen-bond acceptors (Lipinski definition) is 4. The number of nitrogens with zero attached hydrogens (tertiary/aromatic N) is 1. The molecule has 0 aliphatic carbocycles. The fourth-order valence-corrected chi connectivity index (χ4v) is 3.00. The first-order valence-corrected chi connectivity index (χ1v) is 8.77. The van der Waals surface area contributed by atoms with Gasteiger partial charge in [-0.05, 0) is 62.2 Å². The summed E-state index contributed by atoms with van der Waals surface area (Å²) in [5, 5.41) is 3.06. The lowest BCUT2D eigenvalue weighted by atomic mass is 10.1. The van der Waals surface area contributed by atoms with Gasteiger partial charge in [-0.15, -0.1) is 13.2 Å². The number of ether oxygens (including phenoxy) is 2. The number of benzene rings is 2. The maximum Gasteiger partial charge on any atom is 0.573 e. The topological polar surface area (TPSA) is 60.5 Å². The quantitative estimate of drug-likeness (QED) is 0.645. The summed E-state index contributed by atoms with van der Waals surface area (Å²) in [7, 11) is 0. The van der Waals surface area contributed by atoms with Crippen LogP contribution in [-0.2, 0) is 4.79 Å². The molecule has 3 aromatic rings. The van der Waals surface area contributed by atoms with E-state index >= 15 is 0 Å². The van der Waals surface area contributed by atoms with Gasteiger partial charge in [-0.2, -0.15) is 0 Å². The molecule has 0 aliphatic rings. The molecule has 0 bridgehead atoms. The van der Waals surface area contributed by atoms with Gasteiger partial charge in [-0.3, -0.25) is 9.78 Å². The average Bonchev–Trinajstić information content (AvgIpc) is 2.57. The van der Waals surface area contributed by atoms with E-state index < -0.39 is 6.36 Å². The fourth-order valence-electron chi connectivity index (χ4n) is 3.00. The van der Waals surface area contributed by atoms with Crippen LogP contribution in [0.15, 0.2) is 42.5 Å². The molecule has 0 fully saturated rings. The van der Waals surface area contributed by atoms with Gasteiger partial charge in [0.2, 0.25) is 0 Å². The number of aryl methyl sites for hydroxylation is 3. The molecule has 2 aromatic carbocycles. The third-order valence-electron chi connectivity index (χ3n) is 3.97. The summed E-state index contributed by atoms with van der Waals surface area (Å²) in [6, 6.07) is 11.0. The highest BCUT2D eigenvalue weighted by atomic mass is 19.4. The summed E-state index contributed by atoms with van der Waals surface area (Å²) in [4.78, 5) is 16.5. The molecule has 29 heavy (non-hydrogen) atoms. The monoisotopic (exact) mass is 404 g/mol. The highest BCUT2D eigenvalue weighted by molar-refractivity contribution is 5.93. The Hall–Kier alpha value is -3.29. The molecule has 0 atom stereocenters. The zero-order valence-electron chi connectivity index (χ0n) is 16.1. The van der Waals surface area contributed by atoms with E-state index in [1.165, 1.54) is 18.2 Å². The number of rotatable bonds is 5. The largest absolute Gasteiger partial charge is 0.573 e. The summed E-state index contributed by atoms with van der Waals surface area (Å²) in [6.45, 7) is 5.26. The number of nitrogens with one attached hydrogen (secondary N) is 1. The van der Waals surface area contributed by atoms with Crippen LogP contribution in [0.3, 0.4) is 0 Å². The molecule has 1 N–H and O–H groups in total. The van der Waals surface area contributed by atoms with Crippen molar-refractivity contribution in [3.63, 3.8) is 0 Å². The van der Waals surface area contributed by atoms with E-state index in [2.05, 4.69) is 15.0 Å². The number of alkyl halides is 3. The number of carbonyl (C=O) groups is 1. The molecule has 1 aromatic heterocycles. The average molecular weight is 404 g/mol. The Bertz CT molecular complexity index is 1040. The van der Waals surface area contributed by atoms with Crippen LogP contribution in [0.1, 0.15) is 16.8 Å². The Morgan fingerprint density at radius 2 is 1.72 bits per heavy atom. The van der Waals surface area contributed by atoms with Gasteiger partial charge in [0.25, 0.3) is 5.91 Å². The van der Waals surface area contributed by atoms with Gasteiger partial charge in [-0.25, -0.2) is 0 Å². The molecule has 0 unspecified atom stereocenters. The maximum atomic E-state index is 12.5. The molecule has 0 saturated carbocycles. The van der Waals surface area contributed by atoms with Crippen molar-refractivity contribution in [3.8, 4) is 11.5 Å². The summed E-state index contributed by atoms with van der Waals surface area (Å²) < 4.78 is 47.1. The van der Waals surface area contributed by atoms with Crippen LogP contribution in [0.2, 0.25) is 0 Å². The van der Waals surface area contributed by atoms with Gasteiger partial charge in [-0.1, -0.05) is 6.07 Å². The van der Waals surface area contributed by atoms with Crippen molar-refractivity contribution < 1.29 is 27.4 Å². The fraction of sp³-hybridized carbons (Fsp3) is 0.238. The molecule has 0 spiro atoms. The minimum atomic E-state index is -4.81. The normalized spacial score (nSPS) is 11.4. The summed E-state index contributed by atoms with van der Waals surface area (Å²) in [5.41, 5.74) is 3.70. The third-order valence-corrected chi connectivity index (χ3v) is 3.97. The second kappa shape index (κ2) is 7.98. The summed E-state index contributed by atoms with van der Waals surface area (Å²) >= 11 is 0. The van der Waals surface area contributed by atoms with E-state index in [1.54, 1.807) is 13.0 Å². The van der Waals surface area contributed by atoms with E-state index in [1.807, 2.05) is 32.0 Å². The number of carbonyl (C=O) groups excluding carboxylic acids is 1. The molecule has 0 radical (unpaired) electrons. The van der Waals surface area contributed by atoms with E-state index in [0.717, 1.165) is 11.1 Å². The number of anilines is 1. The van der Waals surface area contributed by atoms with Crippen LogP contribution in [0.5, 0.6) is 11.5 Å². The highest BCUT2D eigenvalue weighted by Crippen LogP contribution is 2.31. The lowest BCUT2D eigenvalue weighted by Gasteiger charge is -2.13. The van der Waals surface area contributed by atoms with Crippen molar-refractivity contribution in [2.45, 2.75) is 27.1 Å². The smallest absolute Gasteiger partial charge is 0.483 e. The Morgan fingerprint density at radius 1 is 1.03 bits per heavy atom. The molecular formula is C21H19F3N2O3. The zero-order valence-corrected chi connectivity index (χ0v) is 16.1. The molecular weight excluding hydrogens is 385 g/mol. The predicted octanol–water partition coefficient (Wildman–Crippen LogP) is 5.08. The molecule has 152 valence electrons. The molecule has 5 nitrogen and oxygen atoms in total. The van der Waals surface area contributed by atoms with E-state index in [-0.39, 0.29) is 24.0 Å². The molecule has 1 heterocycles. The number of halogens is 3. The molecule has 3 rings (SSSR count). The molecule has 8 heteroatoms. The standard InChI is InChI=1S/C21H19F3N2O3/c1-12-6-13(2)8-15(7-12)26-20(27)11-28-19-9-14(3)25-18-5-4-16(10-17(18)19)29-21(22,23)24/h4-10H,11H2,1-3H3,(H,26,27). The van der Waals surface area contributed by atoms with Crippen molar-refractivity contribution in [2.75, 3.05) is 11.9 Å². The van der Waals surface area contributed by atoms with Crippen LogP contribution in [0.4, 0.5) is 18.9 Å². The van der Waals surface area contributed by atoms with Crippen molar-refractivity contribution >= 4 is 22.5 Å². The van der Waals surface area contributed by atoms with Gasteiger partial charge in [0.1, 0.15) is 11.5 Å². The van der Waals surface area contributed by atoms with Gasteiger partial charge < -0.3 is 14.8 Å². The number of hydrogen-bond donors (Lipinski definition) is 1. The second-order valence-corrected chi connectivity index (χ2v) is 6.70. The van der Waals surface area contributed by atoms with Crippen LogP contribution in [0.25, 0.3) is 10.9 Å². The highest BCUT2D eigenvalue weighted by Gasteiger charge is 2.31. The van der Waals surface area contributed by atoms with Gasteiger partial charge >= 0.3 is 6.36 Å². The first kappa shape index (κ1) is 20.4. The third kappa shape index (κ3) is 5.60. The molecule has 1 amide bonds. The van der Waals surface area contributed by atoms with Crippen molar-refractivity contribution in [1.82, 2.24) is 4.98 Å². The Morgan fingerprint density at radius 3 is 2.38 bits per heavy atom. The summed E-state index contributed by atoms with van der Waals surface area (Å²) in [5.74, 6) is -0.531. The van der Waals surface area contributed by atoms with Crippen LogP contribution in [-0.4, -0.2) is 23.9 Å². The number of aromatic nitrogens is 1. The van der Waals surface area contributed by atoms with E-state index in [9.17, 15) is 18.0 Å². The van der Waals surface area contributed by atoms with Crippen LogP contribution in [0, 0.1) is 20.8 Å². The maximum absolute atomic E-state index is 12.5. The van der Waals surface area contributed by atoms with Gasteiger partial charge in [0, 0.05) is 22.8 Å². The van der Waals surface area contributed by atoms with Crippen LogP contribution >= 0.6 is 0 Å². The van der Waals surface area contributed by atoms with Gasteiger partial charge in [0.05, 0.1) is 5.52 Å². The second-order valence-electron chi connectivity index (χ2n) is 6.70. The lowest BCUT2D eigenvalue weighted by molar-refractivity contribution is -0.274. The number of fused-ring (bicyclic) bond motifs is 1. The van der Waals surface area contributed by atoms with Crippen LogP contribution < -0.4 is 14.8 Å². The Kier molecular flexibility index (Phi) is 5.63. The van der Waals surface area contributed by atoms with Gasteiger partial charge in [0.15, 0.2) is 6.61 Å². The number of pyridine rings is 1. The van der Waals surface area contributed by atoms with Crippen molar-refractivity contribution in [1.29, 1.82) is 0 Å². The zero-order chi connectivity index (χ0) is 21.2. The summed E-state index contributed by atoms with van der Waals surface area (Å²) in [6.07, 6.45) is -4.81. The van der Waals surface area contributed by atoms with E-state index in [0.29, 0.717) is 22.3 Å². The molecule has 0 aliphatic heterocycles. The Balaban J connectivity index is 1.79. The number of amides is 1. The molecule has 0 saturated heterocycles. The van der Waals surface area contributed by atoms with Crippen molar-refractivity contribution in [2.24, 2.45) is 0 Å². The first-order chi connectivity index (χ1) is 13.6. The first-order valence-electron chi connectivity index (χ1n) is 8.77. The Labute approximate surface area is 165 Å².